The Hall–Kier alpha value is -1.04. The minimum atomic E-state index is -0.107. The zero-order valence-corrected chi connectivity index (χ0v) is 11.7. The van der Waals surface area contributed by atoms with Crippen molar-refractivity contribution in [2.24, 2.45) is 7.05 Å². The Morgan fingerprint density at radius 3 is 2.72 bits per heavy atom. The molecule has 0 amide bonds. The molecule has 96 valence electrons. The number of benzene rings is 1. The molecule has 0 aliphatic rings. The van der Waals surface area contributed by atoms with Crippen LogP contribution in [0.5, 0.6) is 0 Å². The van der Waals surface area contributed by atoms with Crippen molar-refractivity contribution in [3.63, 3.8) is 0 Å². The van der Waals surface area contributed by atoms with Crippen LogP contribution in [0.2, 0.25) is 5.02 Å². The molecular weight excluding hydrogens is 270 g/mol. The summed E-state index contributed by atoms with van der Waals surface area (Å²) in [6.45, 7) is 1.96. The summed E-state index contributed by atoms with van der Waals surface area (Å²) in [7, 11) is 1.84. The van der Waals surface area contributed by atoms with E-state index in [2.05, 4.69) is 17.1 Å². The third-order valence-corrected chi connectivity index (χ3v) is 4.21. The van der Waals surface area contributed by atoms with Gasteiger partial charge in [0.15, 0.2) is 11.0 Å². The van der Waals surface area contributed by atoms with Crippen molar-refractivity contribution in [2.75, 3.05) is 0 Å². The molecule has 1 heterocycles. The SMILES string of the molecule is CC(Sc1nnc(CO)n1C)c1ccccc1Cl. The number of hydrogen-bond donors (Lipinski definition) is 1. The molecule has 0 aliphatic heterocycles. The lowest BCUT2D eigenvalue weighted by molar-refractivity contribution is 0.266. The van der Waals surface area contributed by atoms with E-state index in [9.17, 15) is 0 Å². The lowest BCUT2D eigenvalue weighted by Gasteiger charge is -2.12. The first kappa shape index (κ1) is 13.4. The smallest absolute Gasteiger partial charge is 0.191 e. The van der Waals surface area contributed by atoms with Crippen molar-refractivity contribution in [3.05, 3.63) is 40.7 Å². The van der Waals surface area contributed by atoms with E-state index < -0.39 is 0 Å². The van der Waals surface area contributed by atoms with Crippen molar-refractivity contribution in [3.8, 4) is 0 Å². The van der Waals surface area contributed by atoms with Crippen LogP contribution >= 0.6 is 23.4 Å². The van der Waals surface area contributed by atoms with Crippen LogP contribution in [0.3, 0.4) is 0 Å². The van der Waals surface area contributed by atoms with E-state index in [1.165, 1.54) is 0 Å². The maximum absolute atomic E-state index is 9.07. The molecule has 0 fully saturated rings. The van der Waals surface area contributed by atoms with Crippen LogP contribution in [-0.2, 0) is 13.7 Å². The van der Waals surface area contributed by atoms with Gasteiger partial charge in [-0.3, -0.25) is 0 Å². The van der Waals surface area contributed by atoms with Crippen molar-refractivity contribution in [1.29, 1.82) is 0 Å². The normalized spacial score (nSPS) is 12.7. The Morgan fingerprint density at radius 2 is 2.11 bits per heavy atom. The van der Waals surface area contributed by atoms with E-state index in [-0.39, 0.29) is 11.9 Å². The van der Waals surface area contributed by atoms with Gasteiger partial charge < -0.3 is 9.67 Å². The minimum absolute atomic E-state index is 0.107. The standard InChI is InChI=1S/C12H14ClN3OS/c1-8(9-5-3-4-6-10(9)13)18-12-15-14-11(7-17)16(12)2/h3-6,8,17H,7H2,1-2H3. The molecule has 18 heavy (non-hydrogen) atoms. The van der Waals surface area contributed by atoms with Gasteiger partial charge in [-0.2, -0.15) is 0 Å². The molecular formula is C12H14ClN3OS. The number of halogens is 1. The maximum Gasteiger partial charge on any atom is 0.191 e. The van der Waals surface area contributed by atoms with Crippen molar-refractivity contribution in [1.82, 2.24) is 14.8 Å². The summed E-state index contributed by atoms with van der Waals surface area (Å²) >= 11 is 7.73. The average molecular weight is 284 g/mol. The van der Waals surface area contributed by atoms with Crippen LogP contribution < -0.4 is 0 Å². The highest BCUT2D eigenvalue weighted by Crippen LogP contribution is 2.36. The van der Waals surface area contributed by atoms with E-state index >= 15 is 0 Å². The van der Waals surface area contributed by atoms with E-state index in [0.29, 0.717) is 5.82 Å². The number of rotatable bonds is 4. The molecule has 0 aliphatic carbocycles. The van der Waals surface area contributed by atoms with E-state index in [1.807, 2.05) is 31.3 Å². The van der Waals surface area contributed by atoms with E-state index in [0.717, 1.165) is 15.7 Å². The molecule has 1 N–H and O–H groups in total. The lowest BCUT2D eigenvalue weighted by Crippen LogP contribution is -1.99. The third kappa shape index (κ3) is 2.68. The molecule has 0 saturated carbocycles. The summed E-state index contributed by atoms with van der Waals surface area (Å²) in [6.07, 6.45) is 0. The maximum atomic E-state index is 9.07. The molecule has 1 unspecified atom stereocenters. The van der Waals surface area contributed by atoms with Gasteiger partial charge in [0.25, 0.3) is 0 Å². The molecule has 1 aromatic heterocycles. The van der Waals surface area contributed by atoms with Gasteiger partial charge in [0.05, 0.1) is 0 Å². The quantitative estimate of drug-likeness (QED) is 0.877. The molecule has 0 saturated heterocycles. The third-order valence-electron chi connectivity index (χ3n) is 2.69. The Labute approximate surface area is 115 Å². The van der Waals surface area contributed by atoms with Crippen molar-refractivity contribution in [2.45, 2.75) is 23.9 Å². The molecule has 6 heteroatoms. The fourth-order valence-corrected chi connectivity index (χ4v) is 2.98. The molecule has 0 spiro atoms. The van der Waals surface area contributed by atoms with Gasteiger partial charge in [0.1, 0.15) is 6.61 Å². The fraction of sp³-hybridized carbons (Fsp3) is 0.333. The highest BCUT2D eigenvalue weighted by atomic mass is 35.5. The fourth-order valence-electron chi connectivity index (χ4n) is 1.61. The second-order valence-electron chi connectivity index (χ2n) is 3.90. The first-order chi connectivity index (χ1) is 8.63. The van der Waals surface area contributed by atoms with Crippen molar-refractivity contribution < 1.29 is 5.11 Å². The number of hydrogen-bond acceptors (Lipinski definition) is 4. The first-order valence-electron chi connectivity index (χ1n) is 5.53. The molecule has 1 aromatic carbocycles. The summed E-state index contributed by atoms with van der Waals surface area (Å²) in [4.78, 5) is 0. The summed E-state index contributed by atoms with van der Waals surface area (Å²) < 4.78 is 1.79. The highest BCUT2D eigenvalue weighted by Gasteiger charge is 2.15. The van der Waals surface area contributed by atoms with E-state index in [1.54, 1.807) is 16.3 Å². The van der Waals surface area contributed by atoms with Gasteiger partial charge in [-0.1, -0.05) is 41.6 Å². The minimum Gasteiger partial charge on any atom is -0.388 e. The molecule has 2 rings (SSSR count). The molecule has 2 aromatic rings. The van der Waals surface area contributed by atoms with Crippen LogP contribution in [0.15, 0.2) is 29.4 Å². The molecule has 0 bridgehead atoms. The predicted molar refractivity (Wildman–Crippen MR) is 72.6 cm³/mol. The Morgan fingerprint density at radius 1 is 1.39 bits per heavy atom. The van der Waals surface area contributed by atoms with E-state index in [4.69, 9.17) is 16.7 Å². The zero-order valence-electron chi connectivity index (χ0n) is 10.2. The zero-order chi connectivity index (χ0) is 13.1. The summed E-state index contributed by atoms with van der Waals surface area (Å²) in [5.41, 5.74) is 1.07. The topological polar surface area (TPSA) is 50.9 Å². The Balaban J connectivity index is 2.19. The number of aromatic nitrogens is 3. The van der Waals surface area contributed by atoms with Gasteiger partial charge in [-0.15, -0.1) is 10.2 Å². The van der Waals surface area contributed by atoms with Gasteiger partial charge in [-0.25, -0.2) is 0 Å². The summed E-state index contributed by atoms with van der Waals surface area (Å²) in [6, 6.07) is 7.76. The predicted octanol–water partition coefficient (Wildman–Crippen LogP) is 2.81. The largest absolute Gasteiger partial charge is 0.388 e. The second-order valence-corrected chi connectivity index (χ2v) is 5.61. The van der Waals surface area contributed by atoms with Gasteiger partial charge in [0.2, 0.25) is 0 Å². The number of aliphatic hydroxyl groups excluding tert-OH is 1. The molecule has 0 radical (unpaired) electrons. The lowest BCUT2D eigenvalue weighted by atomic mass is 10.2. The highest BCUT2D eigenvalue weighted by molar-refractivity contribution is 7.99. The van der Waals surface area contributed by atoms with Crippen LogP contribution in [0, 0.1) is 0 Å². The number of nitrogens with zero attached hydrogens (tertiary/aromatic N) is 3. The van der Waals surface area contributed by atoms with Crippen LogP contribution in [0.4, 0.5) is 0 Å². The second kappa shape index (κ2) is 5.73. The monoisotopic (exact) mass is 283 g/mol. The Bertz CT molecular complexity index is 544. The number of aliphatic hydroxyl groups is 1. The Kier molecular flexibility index (Phi) is 4.27. The summed E-state index contributed by atoms with van der Waals surface area (Å²) in [5.74, 6) is 0.559. The van der Waals surface area contributed by atoms with Gasteiger partial charge in [-0.05, 0) is 18.6 Å². The van der Waals surface area contributed by atoms with Crippen LogP contribution in [0.1, 0.15) is 23.6 Å². The summed E-state index contributed by atoms with van der Waals surface area (Å²) in [5, 5.41) is 18.7. The van der Waals surface area contributed by atoms with Gasteiger partial charge in [0, 0.05) is 17.3 Å². The van der Waals surface area contributed by atoms with Crippen molar-refractivity contribution >= 4 is 23.4 Å². The number of thioether (sulfide) groups is 1. The van der Waals surface area contributed by atoms with Crippen LogP contribution in [-0.4, -0.2) is 19.9 Å². The molecule has 4 nitrogen and oxygen atoms in total. The first-order valence-corrected chi connectivity index (χ1v) is 6.79. The van der Waals surface area contributed by atoms with Crippen LogP contribution in [0.25, 0.3) is 0 Å². The molecule has 1 atom stereocenters. The average Bonchev–Trinajstić information content (AvgIpc) is 2.71. The van der Waals surface area contributed by atoms with Gasteiger partial charge >= 0.3 is 0 Å².